The highest BCUT2D eigenvalue weighted by Crippen LogP contribution is 2.62. The molecule has 0 aromatic rings. The average Bonchev–Trinajstić information content (AvgIpc) is 2.35. The lowest BCUT2D eigenvalue weighted by atomic mass is 9.71. The third-order valence-electron chi connectivity index (χ3n) is 4.33. The Balaban J connectivity index is 2.35. The Labute approximate surface area is 84.1 Å². The minimum absolute atomic E-state index is 0.0556. The summed E-state index contributed by atoms with van der Waals surface area (Å²) in [7, 11) is 0. The van der Waals surface area contributed by atoms with E-state index in [1.54, 1.807) is 6.92 Å². The first-order valence-corrected chi connectivity index (χ1v) is 5.21. The summed E-state index contributed by atoms with van der Waals surface area (Å²) in [4.78, 5) is 11.1. The predicted molar refractivity (Wildman–Crippen MR) is 51.7 cm³/mol. The highest BCUT2D eigenvalue weighted by Gasteiger charge is 2.63. The summed E-state index contributed by atoms with van der Waals surface area (Å²) >= 11 is 0. The molecule has 2 rings (SSSR count). The quantitative estimate of drug-likeness (QED) is 0.671. The zero-order valence-electron chi connectivity index (χ0n) is 8.95. The first kappa shape index (κ1) is 9.97. The predicted octanol–water partition coefficient (Wildman–Crippen LogP) is 1.50. The van der Waals surface area contributed by atoms with E-state index < -0.39 is 11.6 Å². The fourth-order valence-electron chi connectivity index (χ4n) is 3.56. The molecule has 3 nitrogen and oxygen atoms in total. The van der Waals surface area contributed by atoms with Crippen LogP contribution in [0.1, 0.15) is 33.6 Å². The molecule has 0 radical (unpaired) electrons. The minimum Gasteiger partial charge on any atom is -0.481 e. The van der Waals surface area contributed by atoms with E-state index in [4.69, 9.17) is 5.11 Å². The topological polar surface area (TPSA) is 57.5 Å². The van der Waals surface area contributed by atoms with Gasteiger partial charge in [-0.05, 0) is 31.1 Å². The third-order valence-corrected chi connectivity index (χ3v) is 4.33. The van der Waals surface area contributed by atoms with Crippen molar-refractivity contribution in [1.82, 2.24) is 0 Å². The van der Waals surface area contributed by atoms with E-state index in [0.717, 1.165) is 6.42 Å². The molecular formula is C11H18O3. The molecule has 0 heterocycles. The van der Waals surface area contributed by atoms with Gasteiger partial charge in [0.25, 0.3) is 0 Å². The second kappa shape index (κ2) is 2.51. The van der Waals surface area contributed by atoms with Crippen molar-refractivity contribution < 1.29 is 15.0 Å². The molecule has 2 bridgehead atoms. The van der Waals surface area contributed by atoms with Crippen LogP contribution in [0.15, 0.2) is 0 Å². The number of rotatable bonds is 1. The van der Waals surface area contributed by atoms with Crippen molar-refractivity contribution in [2.24, 2.45) is 23.2 Å². The molecule has 2 aliphatic rings. The summed E-state index contributed by atoms with van der Waals surface area (Å²) < 4.78 is 0. The van der Waals surface area contributed by atoms with Crippen LogP contribution in [0.2, 0.25) is 0 Å². The van der Waals surface area contributed by atoms with Crippen LogP contribution in [0.4, 0.5) is 0 Å². The van der Waals surface area contributed by atoms with Gasteiger partial charge in [0.05, 0.1) is 11.5 Å². The van der Waals surface area contributed by atoms with E-state index in [0.29, 0.717) is 6.42 Å². The van der Waals surface area contributed by atoms with Crippen molar-refractivity contribution in [3.8, 4) is 0 Å². The van der Waals surface area contributed by atoms with Crippen LogP contribution in [-0.4, -0.2) is 21.8 Å². The Bertz CT molecular complexity index is 258. The highest BCUT2D eigenvalue weighted by atomic mass is 16.4. The number of fused-ring (bicyclic) bond motifs is 2. The van der Waals surface area contributed by atoms with Gasteiger partial charge in [0, 0.05) is 5.92 Å². The van der Waals surface area contributed by atoms with Gasteiger partial charge in [-0.2, -0.15) is 0 Å². The Morgan fingerprint density at radius 2 is 1.79 bits per heavy atom. The summed E-state index contributed by atoms with van der Waals surface area (Å²) in [5.74, 6) is -0.983. The Hall–Kier alpha value is -0.570. The molecule has 14 heavy (non-hydrogen) atoms. The van der Waals surface area contributed by atoms with Crippen LogP contribution in [0.3, 0.4) is 0 Å². The molecule has 2 saturated carbocycles. The van der Waals surface area contributed by atoms with Gasteiger partial charge < -0.3 is 10.2 Å². The van der Waals surface area contributed by atoms with Gasteiger partial charge in [-0.1, -0.05) is 13.8 Å². The van der Waals surface area contributed by atoms with Crippen LogP contribution in [-0.2, 0) is 4.79 Å². The number of hydrogen-bond acceptors (Lipinski definition) is 2. The average molecular weight is 198 g/mol. The summed E-state index contributed by atoms with van der Waals surface area (Å²) in [6.07, 6.45) is 1.48. The highest BCUT2D eigenvalue weighted by molar-refractivity contribution is 5.72. The van der Waals surface area contributed by atoms with Crippen LogP contribution >= 0.6 is 0 Å². The maximum absolute atomic E-state index is 11.1. The minimum atomic E-state index is -0.761. The molecule has 2 N–H and O–H groups in total. The molecule has 3 heteroatoms. The Morgan fingerprint density at radius 3 is 2.07 bits per heavy atom. The molecule has 2 fully saturated rings. The number of carboxylic acid groups (broad SMARTS) is 1. The first-order valence-electron chi connectivity index (χ1n) is 5.21. The van der Waals surface area contributed by atoms with Crippen molar-refractivity contribution in [2.45, 2.75) is 39.2 Å². The zero-order chi connectivity index (χ0) is 10.7. The smallest absolute Gasteiger partial charge is 0.307 e. The lowest BCUT2D eigenvalue weighted by molar-refractivity contribution is -0.144. The number of aliphatic carboxylic acids is 1. The van der Waals surface area contributed by atoms with Gasteiger partial charge in [-0.3, -0.25) is 4.79 Å². The maximum Gasteiger partial charge on any atom is 0.307 e. The lowest BCUT2D eigenvalue weighted by Crippen LogP contribution is -2.37. The molecule has 2 aliphatic carbocycles. The van der Waals surface area contributed by atoms with Gasteiger partial charge in [-0.15, -0.1) is 0 Å². The van der Waals surface area contributed by atoms with Gasteiger partial charge in [0.1, 0.15) is 0 Å². The van der Waals surface area contributed by atoms with E-state index in [2.05, 4.69) is 13.8 Å². The van der Waals surface area contributed by atoms with Gasteiger partial charge in [0.15, 0.2) is 0 Å². The molecule has 0 amide bonds. The molecule has 0 saturated heterocycles. The van der Waals surface area contributed by atoms with Crippen molar-refractivity contribution in [1.29, 1.82) is 0 Å². The summed E-state index contributed by atoms with van der Waals surface area (Å²) in [6.45, 7) is 6.01. The van der Waals surface area contributed by atoms with E-state index in [9.17, 15) is 9.90 Å². The molecule has 0 aliphatic heterocycles. The summed E-state index contributed by atoms with van der Waals surface area (Å²) in [5.41, 5.74) is -0.681. The summed E-state index contributed by atoms with van der Waals surface area (Å²) in [6, 6.07) is 0. The molecular weight excluding hydrogens is 180 g/mol. The largest absolute Gasteiger partial charge is 0.481 e. The van der Waals surface area contributed by atoms with Crippen molar-refractivity contribution in [3.05, 3.63) is 0 Å². The normalized spacial score (nSPS) is 49.6. The van der Waals surface area contributed by atoms with Gasteiger partial charge in [0.2, 0.25) is 0 Å². The number of aliphatic hydroxyl groups is 1. The van der Waals surface area contributed by atoms with E-state index in [1.807, 2.05) is 0 Å². The van der Waals surface area contributed by atoms with Crippen LogP contribution in [0.25, 0.3) is 0 Å². The standard InChI is InChI=1S/C11H18O3/c1-10(2)4-7-8(9(12)13)6(10)5-11(7,3)14/h6-8,14H,4-5H2,1-3H3,(H,12,13). The van der Waals surface area contributed by atoms with Crippen LogP contribution in [0.5, 0.6) is 0 Å². The summed E-state index contributed by atoms with van der Waals surface area (Å²) in [5, 5.41) is 19.2. The molecule has 4 atom stereocenters. The van der Waals surface area contributed by atoms with Crippen molar-refractivity contribution >= 4 is 5.97 Å². The first-order chi connectivity index (χ1) is 6.26. The zero-order valence-corrected chi connectivity index (χ0v) is 8.95. The molecule has 0 aromatic carbocycles. The van der Waals surface area contributed by atoms with Crippen molar-refractivity contribution in [2.75, 3.05) is 0 Å². The molecule has 80 valence electrons. The van der Waals surface area contributed by atoms with Gasteiger partial charge >= 0.3 is 5.97 Å². The SMILES string of the molecule is CC1(C)CC2C(C(=O)O)C1CC2(C)O. The number of carbonyl (C=O) groups is 1. The van der Waals surface area contributed by atoms with Gasteiger partial charge in [-0.25, -0.2) is 0 Å². The molecule has 4 unspecified atom stereocenters. The third kappa shape index (κ3) is 1.11. The van der Waals surface area contributed by atoms with E-state index >= 15 is 0 Å². The van der Waals surface area contributed by atoms with E-state index in [1.165, 1.54) is 0 Å². The monoisotopic (exact) mass is 198 g/mol. The maximum atomic E-state index is 11.1. The Kier molecular flexibility index (Phi) is 1.79. The van der Waals surface area contributed by atoms with Crippen LogP contribution < -0.4 is 0 Å². The fraction of sp³-hybridized carbons (Fsp3) is 0.909. The molecule has 0 aromatic heterocycles. The Morgan fingerprint density at radius 1 is 1.21 bits per heavy atom. The number of hydrogen-bond donors (Lipinski definition) is 2. The number of carboxylic acids is 1. The lowest BCUT2D eigenvalue weighted by Gasteiger charge is -2.37. The second-order valence-electron chi connectivity index (χ2n) is 5.83. The van der Waals surface area contributed by atoms with E-state index in [-0.39, 0.29) is 23.2 Å². The second-order valence-corrected chi connectivity index (χ2v) is 5.83. The molecule has 0 spiro atoms. The fourth-order valence-corrected chi connectivity index (χ4v) is 3.56. The van der Waals surface area contributed by atoms with Crippen molar-refractivity contribution in [3.63, 3.8) is 0 Å². The van der Waals surface area contributed by atoms with Crippen LogP contribution in [0, 0.1) is 23.2 Å².